The highest BCUT2D eigenvalue weighted by Gasteiger charge is 2.06. The summed E-state index contributed by atoms with van der Waals surface area (Å²) >= 11 is 4.86. The monoisotopic (exact) mass is 286 g/mol. The average Bonchev–Trinajstić information content (AvgIpc) is 2.48. The van der Waals surface area contributed by atoms with Gasteiger partial charge in [0.25, 0.3) is 5.91 Å². The van der Waals surface area contributed by atoms with Gasteiger partial charge in [0.2, 0.25) is 0 Å². The fraction of sp³-hybridized carbons (Fsp3) is 0.0667. The third-order valence-electron chi connectivity index (χ3n) is 2.78. The summed E-state index contributed by atoms with van der Waals surface area (Å²) in [6, 6.07) is 14.0. The molecule has 0 radical (unpaired) electrons. The third-order valence-corrected chi connectivity index (χ3v) is 3.02. The first kappa shape index (κ1) is 14.0. The minimum absolute atomic E-state index is 0.190. The Bertz CT molecular complexity index is 621. The Hall–Kier alpha value is -2.40. The summed E-state index contributed by atoms with van der Waals surface area (Å²) in [5.41, 5.74) is 7.49. The van der Waals surface area contributed by atoms with E-state index in [-0.39, 0.29) is 5.91 Å². The molecule has 2 aromatic carbocycles. The van der Waals surface area contributed by atoms with Gasteiger partial charge in [-0.2, -0.15) is 0 Å². The zero-order chi connectivity index (χ0) is 14.5. The lowest BCUT2D eigenvalue weighted by molar-refractivity contribution is 0.102. The Balaban J connectivity index is 2.08. The van der Waals surface area contributed by atoms with Crippen LogP contribution in [0.2, 0.25) is 0 Å². The SMILES string of the molecule is COc1ccc(NC(=O)c2ccc(C(N)=S)cc2)cc1. The number of benzene rings is 2. The van der Waals surface area contributed by atoms with E-state index in [0.717, 1.165) is 11.3 Å². The summed E-state index contributed by atoms with van der Waals surface area (Å²) in [7, 11) is 1.59. The van der Waals surface area contributed by atoms with Crippen LogP contribution in [0.4, 0.5) is 5.69 Å². The fourth-order valence-electron chi connectivity index (χ4n) is 1.66. The Kier molecular flexibility index (Phi) is 4.32. The summed E-state index contributed by atoms with van der Waals surface area (Å²) in [5.74, 6) is 0.550. The van der Waals surface area contributed by atoms with Crippen LogP contribution in [0.25, 0.3) is 0 Å². The van der Waals surface area contributed by atoms with Crippen LogP contribution in [0, 0.1) is 0 Å². The first-order chi connectivity index (χ1) is 9.60. The second kappa shape index (κ2) is 6.16. The van der Waals surface area contributed by atoms with Crippen LogP contribution < -0.4 is 15.8 Å². The quantitative estimate of drug-likeness (QED) is 0.848. The van der Waals surface area contributed by atoms with Crippen LogP contribution in [0.1, 0.15) is 15.9 Å². The number of thiocarbonyl (C=S) groups is 1. The van der Waals surface area contributed by atoms with Gasteiger partial charge in [0, 0.05) is 16.8 Å². The van der Waals surface area contributed by atoms with E-state index in [0.29, 0.717) is 16.2 Å². The van der Waals surface area contributed by atoms with Gasteiger partial charge in [-0.05, 0) is 36.4 Å². The van der Waals surface area contributed by atoms with Crippen LogP contribution in [0.3, 0.4) is 0 Å². The van der Waals surface area contributed by atoms with E-state index < -0.39 is 0 Å². The molecule has 0 saturated carbocycles. The van der Waals surface area contributed by atoms with Gasteiger partial charge in [0.1, 0.15) is 10.7 Å². The lowest BCUT2D eigenvalue weighted by Crippen LogP contribution is -2.13. The molecule has 4 nitrogen and oxygen atoms in total. The van der Waals surface area contributed by atoms with Crippen LogP contribution in [-0.2, 0) is 0 Å². The number of hydrogen-bond acceptors (Lipinski definition) is 3. The highest BCUT2D eigenvalue weighted by atomic mass is 32.1. The molecule has 20 heavy (non-hydrogen) atoms. The molecule has 0 saturated heterocycles. The second-order valence-corrected chi connectivity index (χ2v) is 4.56. The number of anilines is 1. The van der Waals surface area contributed by atoms with Gasteiger partial charge in [-0.1, -0.05) is 24.4 Å². The van der Waals surface area contributed by atoms with Crippen molar-refractivity contribution in [3.05, 3.63) is 59.7 Å². The van der Waals surface area contributed by atoms with Crippen molar-refractivity contribution in [2.45, 2.75) is 0 Å². The second-order valence-electron chi connectivity index (χ2n) is 4.12. The molecular formula is C15H14N2O2S. The van der Waals surface area contributed by atoms with Crippen molar-refractivity contribution in [1.82, 2.24) is 0 Å². The van der Waals surface area contributed by atoms with Crippen LogP contribution >= 0.6 is 12.2 Å². The summed E-state index contributed by atoms with van der Waals surface area (Å²) in [6.07, 6.45) is 0. The molecule has 2 rings (SSSR count). The van der Waals surface area contributed by atoms with E-state index in [1.807, 2.05) is 0 Å². The number of nitrogens with one attached hydrogen (secondary N) is 1. The van der Waals surface area contributed by atoms with Gasteiger partial charge >= 0.3 is 0 Å². The highest BCUT2D eigenvalue weighted by Crippen LogP contribution is 2.16. The number of amides is 1. The van der Waals surface area contributed by atoms with Gasteiger partial charge in [-0.15, -0.1) is 0 Å². The lowest BCUT2D eigenvalue weighted by atomic mass is 10.1. The molecule has 102 valence electrons. The van der Waals surface area contributed by atoms with Crippen molar-refractivity contribution in [3.63, 3.8) is 0 Å². The molecule has 1 amide bonds. The van der Waals surface area contributed by atoms with E-state index in [1.54, 1.807) is 55.6 Å². The van der Waals surface area contributed by atoms with Crippen molar-refractivity contribution in [1.29, 1.82) is 0 Å². The van der Waals surface area contributed by atoms with Gasteiger partial charge in [-0.3, -0.25) is 4.79 Å². The lowest BCUT2D eigenvalue weighted by Gasteiger charge is -2.07. The van der Waals surface area contributed by atoms with E-state index in [1.165, 1.54) is 0 Å². The maximum Gasteiger partial charge on any atom is 0.255 e. The van der Waals surface area contributed by atoms with Crippen molar-refractivity contribution >= 4 is 28.8 Å². The van der Waals surface area contributed by atoms with Crippen molar-refractivity contribution in [2.75, 3.05) is 12.4 Å². The molecule has 0 bridgehead atoms. The predicted molar refractivity (Wildman–Crippen MR) is 83.3 cm³/mol. The van der Waals surface area contributed by atoms with Gasteiger partial charge in [-0.25, -0.2) is 0 Å². The maximum atomic E-state index is 12.0. The number of methoxy groups -OCH3 is 1. The standard InChI is InChI=1S/C15H14N2O2S/c1-19-13-8-6-12(7-9-13)17-15(18)11-4-2-10(3-5-11)14(16)20/h2-9H,1H3,(H2,16,20)(H,17,18). The van der Waals surface area contributed by atoms with Crippen LogP contribution in [-0.4, -0.2) is 18.0 Å². The number of rotatable bonds is 4. The molecule has 0 fully saturated rings. The van der Waals surface area contributed by atoms with E-state index in [9.17, 15) is 4.79 Å². The molecule has 0 aliphatic rings. The third kappa shape index (κ3) is 3.33. The molecule has 0 heterocycles. The van der Waals surface area contributed by atoms with E-state index >= 15 is 0 Å². The van der Waals surface area contributed by atoms with Crippen molar-refractivity contribution in [2.24, 2.45) is 5.73 Å². The molecule has 5 heteroatoms. The summed E-state index contributed by atoms with van der Waals surface area (Å²) in [5, 5.41) is 2.80. The normalized spacial score (nSPS) is 9.85. The number of nitrogens with two attached hydrogens (primary N) is 1. The molecule has 0 aliphatic carbocycles. The summed E-state index contributed by atoms with van der Waals surface area (Å²) < 4.78 is 5.06. The number of carbonyl (C=O) groups is 1. The molecule has 0 spiro atoms. The molecule has 0 unspecified atom stereocenters. The van der Waals surface area contributed by atoms with E-state index in [2.05, 4.69) is 5.32 Å². The largest absolute Gasteiger partial charge is 0.497 e. The Morgan fingerprint density at radius 2 is 1.60 bits per heavy atom. The van der Waals surface area contributed by atoms with Crippen LogP contribution in [0.15, 0.2) is 48.5 Å². The minimum atomic E-state index is -0.190. The summed E-state index contributed by atoms with van der Waals surface area (Å²) in [4.78, 5) is 12.4. The highest BCUT2D eigenvalue weighted by molar-refractivity contribution is 7.80. The first-order valence-electron chi connectivity index (χ1n) is 5.95. The first-order valence-corrected chi connectivity index (χ1v) is 6.36. The molecule has 2 aromatic rings. The Morgan fingerprint density at radius 3 is 2.10 bits per heavy atom. The van der Waals surface area contributed by atoms with Crippen molar-refractivity contribution < 1.29 is 9.53 Å². The Labute approximate surface area is 122 Å². The number of ether oxygens (including phenoxy) is 1. The average molecular weight is 286 g/mol. The smallest absolute Gasteiger partial charge is 0.255 e. The number of carbonyl (C=O) groups excluding carboxylic acids is 1. The molecule has 3 N–H and O–H groups in total. The predicted octanol–water partition coefficient (Wildman–Crippen LogP) is 2.58. The van der Waals surface area contributed by atoms with Gasteiger partial charge in [0.15, 0.2) is 0 Å². The van der Waals surface area contributed by atoms with Crippen LogP contribution in [0.5, 0.6) is 5.75 Å². The van der Waals surface area contributed by atoms with Gasteiger partial charge in [0.05, 0.1) is 7.11 Å². The van der Waals surface area contributed by atoms with Crippen molar-refractivity contribution in [3.8, 4) is 5.75 Å². The minimum Gasteiger partial charge on any atom is -0.497 e. The zero-order valence-corrected chi connectivity index (χ0v) is 11.7. The number of hydrogen-bond donors (Lipinski definition) is 2. The fourth-order valence-corrected chi connectivity index (χ4v) is 1.80. The van der Waals surface area contributed by atoms with E-state index in [4.69, 9.17) is 22.7 Å². The summed E-state index contributed by atoms with van der Waals surface area (Å²) in [6.45, 7) is 0. The molecule has 0 aliphatic heterocycles. The zero-order valence-electron chi connectivity index (χ0n) is 10.9. The molecule has 0 atom stereocenters. The maximum absolute atomic E-state index is 12.0. The Morgan fingerprint density at radius 1 is 1.05 bits per heavy atom. The molecule has 0 aromatic heterocycles. The molecular weight excluding hydrogens is 272 g/mol. The van der Waals surface area contributed by atoms with Gasteiger partial charge < -0.3 is 15.8 Å². The topological polar surface area (TPSA) is 64.3 Å².